The molecule has 0 aromatic heterocycles. The minimum atomic E-state index is -0.228. The summed E-state index contributed by atoms with van der Waals surface area (Å²) in [6.07, 6.45) is 1.01. The predicted octanol–water partition coefficient (Wildman–Crippen LogP) is 3.02. The van der Waals surface area contributed by atoms with E-state index >= 15 is 0 Å². The van der Waals surface area contributed by atoms with Crippen molar-refractivity contribution in [3.05, 3.63) is 59.2 Å². The van der Waals surface area contributed by atoms with E-state index in [1.54, 1.807) is 24.3 Å². The lowest BCUT2D eigenvalue weighted by Gasteiger charge is -2.12. The van der Waals surface area contributed by atoms with Gasteiger partial charge in [0.1, 0.15) is 11.5 Å². The molecule has 6 heteroatoms. The van der Waals surface area contributed by atoms with E-state index in [-0.39, 0.29) is 11.8 Å². The van der Waals surface area contributed by atoms with E-state index in [0.717, 1.165) is 16.9 Å². The molecule has 0 aliphatic heterocycles. The van der Waals surface area contributed by atoms with Gasteiger partial charge in [0.15, 0.2) is 0 Å². The number of hydrogen-bond acceptors (Lipinski definition) is 4. The zero-order valence-corrected chi connectivity index (χ0v) is 16.7. The van der Waals surface area contributed by atoms with Crippen LogP contribution >= 0.6 is 0 Å². The summed E-state index contributed by atoms with van der Waals surface area (Å²) in [5.41, 5.74) is 2.66. The van der Waals surface area contributed by atoms with Crippen molar-refractivity contribution in [1.82, 2.24) is 10.6 Å². The van der Waals surface area contributed by atoms with Crippen LogP contribution in [0.15, 0.2) is 42.5 Å². The van der Waals surface area contributed by atoms with Crippen molar-refractivity contribution in [2.75, 3.05) is 26.8 Å². The Kier molecular flexibility index (Phi) is 8.34. The SMILES string of the molecule is COc1ccccc1C(=O)NCCNC(=O)CCCOc1c(C)cccc1C. The summed E-state index contributed by atoms with van der Waals surface area (Å²) in [5, 5.41) is 5.57. The molecule has 2 amide bonds. The zero-order chi connectivity index (χ0) is 20.4. The predicted molar refractivity (Wildman–Crippen MR) is 109 cm³/mol. The number of amides is 2. The lowest BCUT2D eigenvalue weighted by molar-refractivity contribution is -0.121. The summed E-state index contributed by atoms with van der Waals surface area (Å²) in [6, 6.07) is 13.0. The van der Waals surface area contributed by atoms with E-state index in [9.17, 15) is 9.59 Å². The van der Waals surface area contributed by atoms with Gasteiger partial charge in [0.2, 0.25) is 5.91 Å². The van der Waals surface area contributed by atoms with Crippen LogP contribution in [0.1, 0.15) is 34.3 Å². The molecule has 0 atom stereocenters. The minimum Gasteiger partial charge on any atom is -0.496 e. The summed E-state index contributed by atoms with van der Waals surface area (Å²) in [5.74, 6) is 1.13. The Morgan fingerprint density at radius 2 is 1.61 bits per heavy atom. The molecule has 0 radical (unpaired) electrons. The molecule has 0 saturated carbocycles. The molecule has 0 heterocycles. The Balaban J connectivity index is 1.62. The number of aryl methyl sites for hydroxylation is 2. The zero-order valence-electron chi connectivity index (χ0n) is 16.7. The Labute approximate surface area is 166 Å². The van der Waals surface area contributed by atoms with Crippen molar-refractivity contribution in [3.63, 3.8) is 0 Å². The van der Waals surface area contributed by atoms with Gasteiger partial charge in [-0.25, -0.2) is 0 Å². The molecule has 0 unspecified atom stereocenters. The molecule has 28 heavy (non-hydrogen) atoms. The van der Waals surface area contributed by atoms with Gasteiger partial charge in [0.25, 0.3) is 5.91 Å². The molecular formula is C22H28N2O4. The summed E-state index contributed by atoms with van der Waals surface area (Å²) in [6.45, 7) is 5.23. The van der Waals surface area contributed by atoms with E-state index in [0.29, 0.717) is 43.9 Å². The Bertz CT molecular complexity index is 785. The lowest BCUT2D eigenvalue weighted by atomic mass is 10.1. The number of methoxy groups -OCH3 is 1. The van der Waals surface area contributed by atoms with Gasteiger partial charge in [-0.05, 0) is 43.5 Å². The second-order valence-electron chi connectivity index (χ2n) is 6.48. The van der Waals surface area contributed by atoms with Crippen molar-refractivity contribution in [1.29, 1.82) is 0 Å². The number of ether oxygens (including phenoxy) is 2. The topological polar surface area (TPSA) is 76.7 Å². The number of nitrogens with one attached hydrogen (secondary N) is 2. The van der Waals surface area contributed by atoms with Crippen molar-refractivity contribution in [2.24, 2.45) is 0 Å². The normalized spacial score (nSPS) is 10.2. The lowest BCUT2D eigenvalue weighted by Crippen LogP contribution is -2.34. The molecule has 6 nitrogen and oxygen atoms in total. The summed E-state index contributed by atoms with van der Waals surface area (Å²) in [7, 11) is 1.52. The van der Waals surface area contributed by atoms with Crippen LogP contribution in [0.25, 0.3) is 0 Å². The van der Waals surface area contributed by atoms with E-state index in [2.05, 4.69) is 10.6 Å². The number of hydrogen-bond donors (Lipinski definition) is 2. The second-order valence-corrected chi connectivity index (χ2v) is 6.48. The fourth-order valence-electron chi connectivity index (χ4n) is 2.83. The number of rotatable bonds is 10. The van der Waals surface area contributed by atoms with Crippen molar-refractivity contribution in [2.45, 2.75) is 26.7 Å². The van der Waals surface area contributed by atoms with E-state index in [1.807, 2.05) is 32.0 Å². The van der Waals surface area contributed by atoms with Gasteiger partial charge in [-0.15, -0.1) is 0 Å². The van der Waals surface area contributed by atoms with E-state index in [4.69, 9.17) is 9.47 Å². The Hall–Kier alpha value is -3.02. The molecule has 150 valence electrons. The number of benzene rings is 2. The highest BCUT2D eigenvalue weighted by Gasteiger charge is 2.10. The Morgan fingerprint density at radius 3 is 2.32 bits per heavy atom. The highest BCUT2D eigenvalue weighted by molar-refractivity contribution is 5.96. The van der Waals surface area contributed by atoms with Gasteiger partial charge in [0, 0.05) is 19.5 Å². The molecular weight excluding hydrogens is 356 g/mol. The highest BCUT2D eigenvalue weighted by atomic mass is 16.5. The van der Waals surface area contributed by atoms with Crippen molar-refractivity contribution in [3.8, 4) is 11.5 Å². The number of para-hydroxylation sites is 2. The van der Waals surface area contributed by atoms with E-state index in [1.165, 1.54) is 7.11 Å². The molecule has 0 fully saturated rings. The maximum atomic E-state index is 12.1. The average Bonchev–Trinajstić information content (AvgIpc) is 2.70. The highest BCUT2D eigenvalue weighted by Crippen LogP contribution is 2.22. The van der Waals surface area contributed by atoms with E-state index < -0.39 is 0 Å². The maximum Gasteiger partial charge on any atom is 0.255 e. The van der Waals surface area contributed by atoms with Gasteiger partial charge >= 0.3 is 0 Å². The largest absolute Gasteiger partial charge is 0.496 e. The summed E-state index contributed by atoms with van der Waals surface area (Å²) < 4.78 is 11.0. The monoisotopic (exact) mass is 384 g/mol. The molecule has 2 aromatic rings. The number of carbonyl (C=O) groups is 2. The smallest absolute Gasteiger partial charge is 0.255 e. The fourth-order valence-corrected chi connectivity index (χ4v) is 2.83. The summed E-state index contributed by atoms with van der Waals surface area (Å²) in [4.78, 5) is 24.1. The molecule has 0 saturated heterocycles. The maximum absolute atomic E-state index is 12.1. The first-order valence-electron chi connectivity index (χ1n) is 9.40. The molecule has 2 rings (SSSR count). The number of carbonyl (C=O) groups excluding carboxylic acids is 2. The van der Waals surface area contributed by atoms with Gasteiger partial charge < -0.3 is 20.1 Å². The van der Waals surface area contributed by atoms with Crippen molar-refractivity contribution < 1.29 is 19.1 Å². The van der Waals surface area contributed by atoms with Crippen LogP contribution in [0.5, 0.6) is 11.5 Å². The van der Waals surface area contributed by atoms with Gasteiger partial charge in [-0.2, -0.15) is 0 Å². The van der Waals surface area contributed by atoms with Crippen LogP contribution in [0.3, 0.4) is 0 Å². The summed E-state index contributed by atoms with van der Waals surface area (Å²) >= 11 is 0. The molecule has 2 aromatic carbocycles. The van der Waals surface area contributed by atoms with Gasteiger partial charge in [-0.1, -0.05) is 30.3 Å². The second kappa shape index (κ2) is 11.0. The minimum absolute atomic E-state index is 0.0587. The first-order valence-corrected chi connectivity index (χ1v) is 9.40. The fraction of sp³-hybridized carbons (Fsp3) is 0.364. The van der Waals surface area contributed by atoms with Crippen LogP contribution < -0.4 is 20.1 Å². The quantitative estimate of drug-likeness (QED) is 0.618. The first-order chi connectivity index (χ1) is 13.5. The van der Waals surface area contributed by atoms with Crippen LogP contribution in [0.2, 0.25) is 0 Å². The molecule has 0 spiro atoms. The Morgan fingerprint density at radius 1 is 0.929 bits per heavy atom. The first kappa shape index (κ1) is 21.3. The third kappa shape index (κ3) is 6.30. The van der Waals surface area contributed by atoms with Gasteiger partial charge in [-0.3, -0.25) is 9.59 Å². The molecule has 0 aliphatic carbocycles. The molecule has 0 bridgehead atoms. The third-order valence-electron chi connectivity index (χ3n) is 4.29. The van der Waals surface area contributed by atoms with Crippen LogP contribution in [-0.4, -0.2) is 38.6 Å². The average molecular weight is 384 g/mol. The van der Waals surface area contributed by atoms with Crippen molar-refractivity contribution >= 4 is 11.8 Å². The van der Waals surface area contributed by atoms with Gasteiger partial charge in [0.05, 0.1) is 19.3 Å². The molecule has 0 aliphatic rings. The standard InChI is InChI=1S/C22H28N2O4/c1-16-8-6-9-17(2)21(16)28-15-7-12-20(25)23-13-14-24-22(26)18-10-4-5-11-19(18)27-3/h4-6,8-11H,7,12-15H2,1-3H3,(H,23,25)(H,24,26). The van der Waals surface area contributed by atoms with Crippen LogP contribution in [0, 0.1) is 13.8 Å². The third-order valence-corrected chi connectivity index (χ3v) is 4.29. The molecule has 2 N–H and O–H groups in total. The van der Waals surface area contributed by atoms with Crippen LogP contribution in [-0.2, 0) is 4.79 Å². The van der Waals surface area contributed by atoms with Crippen LogP contribution in [0.4, 0.5) is 0 Å².